The molecule has 0 atom stereocenters. The molecule has 0 radical (unpaired) electrons. The Morgan fingerprint density at radius 1 is 0.755 bits per heavy atom. The number of aliphatic hydroxyl groups excluding tert-OH is 1. The molecular formula is C36H42N8O3S2. The second-order valence-corrected chi connectivity index (χ2v) is 14.6. The lowest BCUT2D eigenvalue weighted by Crippen LogP contribution is -2.32. The Kier molecular flexibility index (Phi) is 10.7. The van der Waals surface area contributed by atoms with Crippen LogP contribution in [0.15, 0.2) is 73.1 Å². The number of carbonyl (C=O) groups is 1. The maximum absolute atomic E-state index is 11.8. The van der Waals surface area contributed by atoms with Gasteiger partial charge in [0.05, 0.1) is 31.3 Å². The third kappa shape index (κ3) is 8.25. The molecule has 0 unspecified atom stereocenters. The minimum Gasteiger partial charge on any atom is -0.461 e. The average molecular weight is 699 g/mol. The molecule has 0 saturated carbocycles. The van der Waals surface area contributed by atoms with E-state index < -0.39 is 0 Å². The maximum Gasteiger partial charge on any atom is 0.358 e. The van der Waals surface area contributed by atoms with Gasteiger partial charge in [-0.15, -0.1) is 0 Å². The van der Waals surface area contributed by atoms with Crippen LogP contribution < -0.4 is 0 Å². The van der Waals surface area contributed by atoms with Crippen LogP contribution in [-0.4, -0.2) is 82.9 Å². The number of ether oxygens (including phenoxy) is 1. The number of aromatic nitrogens is 6. The number of likely N-dealkylation sites (tertiary alicyclic amines) is 2. The van der Waals surface area contributed by atoms with Gasteiger partial charge >= 0.3 is 5.97 Å². The van der Waals surface area contributed by atoms with Crippen molar-refractivity contribution in [2.24, 2.45) is 0 Å². The first-order chi connectivity index (χ1) is 24.0. The molecule has 1 N–H and O–H groups in total. The second kappa shape index (κ2) is 15.7. The van der Waals surface area contributed by atoms with E-state index in [1.54, 1.807) is 40.3 Å². The molecule has 2 aliphatic heterocycles. The molecule has 8 rings (SSSR count). The molecule has 0 aliphatic carbocycles. The zero-order chi connectivity index (χ0) is 33.6. The minimum absolute atomic E-state index is 0.0245. The number of fused-ring (bicyclic) bond motifs is 2. The standard InChI is InChI=1S/C19H22N4O2S.C17H20N4OS/c1-2-25-18(24)16-13-23-19(20-16)26-17(21-23)15-8-10-22(11-9-15)12-14-6-4-3-5-7-14;22-12-15-11-21-17(18-15)23-16(19-21)14-6-8-20(9-7-14)10-13-4-2-1-3-5-13/h3-7,13,15H,2,8-12H2,1H3;1-5,11,14,22H,6-10,12H2. The third-order valence-corrected chi connectivity index (χ3v) is 11.4. The van der Waals surface area contributed by atoms with E-state index in [4.69, 9.17) is 9.84 Å². The van der Waals surface area contributed by atoms with Crippen LogP contribution in [-0.2, 0) is 24.4 Å². The van der Waals surface area contributed by atoms with Gasteiger partial charge in [-0.3, -0.25) is 9.80 Å². The van der Waals surface area contributed by atoms with E-state index in [0.717, 1.165) is 79.9 Å². The summed E-state index contributed by atoms with van der Waals surface area (Å²) in [6.07, 6.45) is 7.99. The smallest absolute Gasteiger partial charge is 0.358 e. The summed E-state index contributed by atoms with van der Waals surface area (Å²) in [5.74, 6) is 0.618. The van der Waals surface area contributed by atoms with Gasteiger partial charge in [-0.2, -0.15) is 10.2 Å². The lowest BCUT2D eigenvalue weighted by atomic mass is 9.97. The summed E-state index contributed by atoms with van der Waals surface area (Å²) in [6.45, 7) is 8.55. The summed E-state index contributed by atoms with van der Waals surface area (Å²) in [6, 6.07) is 21.3. The predicted octanol–water partition coefficient (Wildman–Crippen LogP) is 6.01. The molecule has 256 valence electrons. The number of nitrogens with zero attached hydrogens (tertiary/aromatic N) is 8. The Balaban J connectivity index is 0.000000155. The van der Waals surface area contributed by atoms with Crippen molar-refractivity contribution in [1.29, 1.82) is 0 Å². The lowest BCUT2D eigenvalue weighted by Gasteiger charge is -2.30. The van der Waals surface area contributed by atoms with Gasteiger partial charge in [-0.25, -0.2) is 23.8 Å². The van der Waals surface area contributed by atoms with Crippen molar-refractivity contribution in [1.82, 2.24) is 39.0 Å². The Hall–Kier alpha value is -4.01. The average Bonchev–Trinajstić information content (AvgIpc) is 3.91. The monoisotopic (exact) mass is 698 g/mol. The normalized spacial score (nSPS) is 16.6. The highest BCUT2D eigenvalue weighted by atomic mass is 32.1. The van der Waals surface area contributed by atoms with Crippen LogP contribution in [0.2, 0.25) is 0 Å². The van der Waals surface area contributed by atoms with Crippen LogP contribution in [0.1, 0.15) is 81.8 Å². The molecule has 0 amide bonds. The zero-order valence-corrected chi connectivity index (χ0v) is 29.4. The highest BCUT2D eigenvalue weighted by Crippen LogP contribution is 2.33. The predicted molar refractivity (Wildman–Crippen MR) is 191 cm³/mol. The fourth-order valence-corrected chi connectivity index (χ4v) is 8.66. The van der Waals surface area contributed by atoms with E-state index in [1.165, 1.54) is 16.1 Å². The van der Waals surface area contributed by atoms with Gasteiger partial charge < -0.3 is 9.84 Å². The third-order valence-electron chi connectivity index (χ3n) is 9.19. The molecule has 0 bridgehead atoms. The largest absolute Gasteiger partial charge is 0.461 e. The Morgan fingerprint density at radius 2 is 1.24 bits per heavy atom. The Bertz CT molecular complexity index is 1880. The lowest BCUT2D eigenvalue weighted by molar-refractivity contribution is 0.0520. The van der Waals surface area contributed by atoms with E-state index in [9.17, 15) is 4.79 Å². The molecule has 2 aromatic carbocycles. The number of hydrogen-bond donors (Lipinski definition) is 1. The number of imidazole rings is 2. The van der Waals surface area contributed by atoms with E-state index in [0.29, 0.717) is 29.8 Å². The molecule has 4 aromatic heterocycles. The topological polar surface area (TPSA) is 113 Å². The molecule has 0 spiro atoms. The Morgan fingerprint density at radius 3 is 1.69 bits per heavy atom. The van der Waals surface area contributed by atoms with E-state index in [1.807, 2.05) is 10.7 Å². The molecule has 13 heteroatoms. The molecule has 2 fully saturated rings. The summed E-state index contributed by atoms with van der Waals surface area (Å²) in [5, 5.41) is 20.7. The highest BCUT2D eigenvalue weighted by molar-refractivity contribution is 7.17. The van der Waals surface area contributed by atoms with Crippen molar-refractivity contribution >= 4 is 38.6 Å². The molecular weight excluding hydrogens is 657 g/mol. The van der Waals surface area contributed by atoms with E-state index >= 15 is 0 Å². The maximum atomic E-state index is 11.8. The molecule has 49 heavy (non-hydrogen) atoms. The van der Waals surface area contributed by atoms with Crippen molar-refractivity contribution < 1.29 is 14.6 Å². The van der Waals surface area contributed by atoms with Gasteiger partial charge in [-0.05, 0) is 69.9 Å². The van der Waals surface area contributed by atoms with Gasteiger partial charge in [0.2, 0.25) is 9.92 Å². The fourth-order valence-electron chi connectivity index (χ4n) is 6.55. The molecule has 6 heterocycles. The minimum atomic E-state index is -0.388. The van der Waals surface area contributed by atoms with Gasteiger partial charge in [0, 0.05) is 24.9 Å². The molecule has 11 nitrogen and oxygen atoms in total. The first-order valence-corrected chi connectivity index (χ1v) is 18.7. The van der Waals surface area contributed by atoms with Crippen molar-refractivity contribution in [3.05, 3.63) is 106 Å². The van der Waals surface area contributed by atoms with Crippen molar-refractivity contribution in [2.75, 3.05) is 32.8 Å². The van der Waals surface area contributed by atoms with Crippen molar-refractivity contribution in [3.63, 3.8) is 0 Å². The summed E-state index contributed by atoms with van der Waals surface area (Å²) in [7, 11) is 0. The van der Waals surface area contributed by atoms with Gasteiger partial charge in [0.15, 0.2) is 5.69 Å². The number of carbonyl (C=O) groups excluding carboxylic acids is 1. The zero-order valence-electron chi connectivity index (χ0n) is 27.7. The summed E-state index contributed by atoms with van der Waals surface area (Å²) in [4.78, 5) is 27.2. The molecule has 2 aliphatic rings. The van der Waals surface area contributed by atoms with Gasteiger partial charge in [-0.1, -0.05) is 83.3 Å². The number of hydrogen-bond acceptors (Lipinski definition) is 11. The summed E-state index contributed by atoms with van der Waals surface area (Å²) < 4.78 is 8.51. The molecule has 2 saturated heterocycles. The fraction of sp³-hybridized carbons (Fsp3) is 0.417. The van der Waals surface area contributed by atoms with Crippen molar-refractivity contribution in [2.45, 2.75) is 64.1 Å². The number of benzene rings is 2. The van der Waals surface area contributed by atoms with Crippen LogP contribution in [0.4, 0.5) is 0 Å². The molecule has 6 aromatic rings. The first-order valence-electron chi connectivity index (χ1n) is 17.1. The van der Waals surface area contributed by atoms with Crippen LogP contribution in [0.5, 0.6) is 0 Å². The van der Waals surface area contributed by atoms with Crippen molar-refractivity contribution in [3.8, 4) is 0 Å². The van der Waals surface area contributed by atoms with E-state index in [-0.39, 0.29) is 12.6 Å². The second-order valence-electron chi connectivity index (χ2n) is 12.6. The first kappa shape index (κ1) is 33.5. The number of rotatable bonds is 9. The summed E-state index contributed by atoms with van der Waals surface area (Å²) in [5.41, 5.74) is 3.77. The van der Waals surface area contributed by atoms with Crippen LogP contribution in [0, 0.1) is 0 Å². The van der Waals surface area contributed by atoms with Gasteiger partial charge in [0.1, 0.15) is 10.0 Å². The van der Waals surface area contributed by atoms with Crippen LogP contribution in [0.25, 0.3) is 9.92 Å². The number of aliphatic hydroxyl groups is 1. The van der Waals surface area contributed by atoms with Crippen LogP contribution >= 0.6 is 22.7 Å². The quantitative estimate of drug-likeness (QED) is 0.182. The van der Waals surface area contributed by atoms with Gasteiger partial charge in [0.25, 0.3) is 0 Å². The van der Waals surface area contributed by atoms with Crippen LogP contribution in [0.3, 0.4) is 0 Å². The number of esters is 1. The Labute approximate surface area is 293 Å². The summed E-state index contributed by atoms with van der Waals surface area (Å²) >= 11 is 3.24. The highest BCUT2D eigenvalue weighted by Gasteiger charge is 2.26. The van der Waals surface area contributed by atoms with E-state index in [2.05, 4.69) is 90.6 Å². The number of piperidine rings is 2. The SMILES string of the molecule is CCOC(=O)c1cn2nc(C3CCN(Cc4ccccc4)CC3)sc2n1.OCc1cn2nc(C3CCN(Cc4ccccc4)CC3)sc2n1.